The van der Waals surface area contributed by atoms with Crippen LogP contribution in [0.5, 0.6) is 0 Å². The summed E-state index contributed by atoms with van der Waals surface area (Å²) in [6.07, 6.45) is 1.19. The Morgan fingerprint density at radius 2 is 1.62 bits per heavy atom. The molecule has 0 fully saturated rings. The summed E-state index contributed by atoms with van der Waals surface area (Å²) >= 11 is 0. The molecular weight excluding hydrogens is 290 g/mol. The lowest BCUT2D eigenvalue weighted by Crippen LogP contribution is -2.18. The van der Waals surface area contributed by atoms with Crippen molar-refractivity contribution in [3.63, 3.8) is 0 Å². The zero-order valence-corrected chi connectivity index (χ0v) is 12.7. The Bertz CT molecular complexity index is 724. The van der Waals surface area contributed by atoms with E-state index in [2.05, 4.69) is 19.7 Å². The number of hydrogen-bond donors (Lipinski definition) is 2. The quantitative estimate of drug-likeness (QED) is 0.807. The minimum atomic E-state index is -3.82. The summed E-state index contributed by atoms with van der Waals surface area (Å²) in [6.45, 7) is 3.78. The number of nitrogens with zero attached hydrogens (tertiary/aromatic N) is 3. The van der Waals surface area contributed by atoms with Gasteiger partial charge in [-0.15, -0.1) is 0 Å². The lowest BCUT2D eigenvalue weighted by molar-refractivity contribution is 0.601. The van der Waals surface area contributed by atoms with Crippen LogP contribution in [0.15, 0.2) is 29.2 Å². The molecule has 7 nitrogen and oxygen atoms in total. The van der Waals surface area contributed by atoms with Gasteiger partial charge in [0.15, 0.2) is 0 Å². The molecule has 2 rings (SSSR count). The Hall–Kier alpha value is -2.22. The number of aromatic nitrogens is 3. The van der Waals surface area contributed by atoms with E-state index in [-0.39, 0.29) is 16.5 Å². The van der Waals surface area contributed by atoms with Crippen LogP contribution >= 0.6 is 0 Å². The lowest BCUT2D eigenvalue weighted by atomic mass is 10.3. The zero-order chi connectivity index (χ0) is 15.5. The van der Waals surface area contributed by atoms with Crippen molar-refractivity contribution in [1.82, 2.24) is 15.0 Å². The Morgan fingerprint density at radius 1 is 1.05 bits per heavy atom. The molecule has 0 saturated carbocycles. The Labute approximate surface area is 123 Å². The fourth-order valence-corrected chi connectivity index (χ4v) is 2.81. The molecule has 1 heterocycles. The molecule has 0 amide bonds. The minimum Gasteiger partial charge on any atom is -0.398 e. The number of rotatable bonds is 5. The standard InChI is InChI=1S/C13H17N5O2S/c1-3-11-15-12(4-2)17-13(16-11)18-21(19,20)10-8-6-5-7-9(10)14/h5-8H,3-4,14H2,1-2H3,(H,15,16,17,18). The van der Waals surface area contributed by atoms with Gasteiger partial charge in [-0.05, 0) is 12.1 Å². The van der Waals surface area contributed by atoms with Crippen LogP contribution in [-0.4, -0.2) is 23.4 Å². The summed E-state index contributed by atoms with van der Waals surface area (Å²) in [5.41, 5.74) is 5.87. The molecular formula is C13H17N5O2S. The van der Waals surface area contributed by atoms with E-state index in [0.29, 0.717) is 24.5 Å². The van der Waals surface area contributed by atoms with Gasteiger partial charge in [0.1, 0.15) is 16.5 Å². The Balaban J connectivity index is 2.39. The number of para-hydroxylation sites is 1. The largest absolute Gasteiger partial charge is 0.398 e. The SMILES string of the molecule is CCc1nc(CC)nc(NS(=O)(=O)c2ccccc2N)n1. The molecule has 1 aromatic carbocycles. The van der Waals surface area contributed by atoms with Gasteiger partial charge in [-0.3, -0.25) is 0 Å². The van der Waals surface area contributed by atoms with Gasteiger partial charge >= 0.3 is 0 Å². The van der Waals surface area contributed by atoms with Crippen molar-refractivity contribution >= 4 is 21.7 Å². The number of aryl methyl sites for hydroxylation is 2. The van der Waals surface area contributed by atoms with Crippen LogP contribution in [0.1, 0.15) is 25.5 Å². The maximum Gasteiger partial charge on any atom is 0.266 e. The number of hydrogen-bond acceptors (Lipinski definition) is 6. The average molecular weight is 307 g/mol. The molecule has 8 heteroatoms. The summed E-state index contributed by atoms with van der Waals surface area (Å²) in [5.74, 6) is 1.10. The predicted molar refractivity (Wildman–Crippen MR) is 80.2 cm³/mol. The summed E-state index contributed by atoms with van der Waals surface area (Å²) in [5, 5.41) is 0. The first-order chi connectivity index (χ1) is 9.96. The molecule has 112 valence electrons. The van der Waals surface area contributed by atoms with Gasteiger partial charge in [0.2, 0.25) is 5.95 Å². The van der Waals surface area contributed by atoms with Gasteiger partial charge in [0, 0.05) is 12.8 Å². The zero-order valence-electron chi connectivity index (χ0n) is 11.9. The second kappa shape index (κ2) is 6.04. The molecule has 2 aromatic rings. The van der Waals surface area contributed by atoms with Gasteiger partial charge in [0.05, 0.1) is 5.69 Å². The molecule has 3 N–H and O–H groups in total. The van der Waals surface area contributed by atoms with Crippen LogP contribution in [0.2, 0.25) is 0 Å². The molecule has 0 aliphatic rings. The predicted octanol–water partition coefficient (Wildman–Crippen LogP) is 1.38. The van der Waals surface area contributed by atoms with Crippen molar-refractivity contribution in [3.05, 3.63) is 35.9 Å². The van der Waals surface area contributed by atoms with Gasteiger partial charge in [-0.1, -0.05) is 26.0 Å². The molecule has 0 unspecified atom stereocenters. The lowest BCUT2D eigenvalue weighted by Gasteiger charge is -2.10. The average Bonchev–Trinajstić information content (AvgIpc) is 2.46. The summed E-state index contributed by atoms with van der Waals surface area (Å²) in [4.78, 5) is 12.4. The molecule has 21 heavy (non-hydrogen) atoms. The van der Waals surface area contributed by atoms with Crippen LogP contribution in [-0.2, 0) is 22.9 Å². The topological polar surface area (TPSA) is 111 Å². The van der Waals surface area contributed by atoms with Crippen molar-refractivity contribution in [2.75, 3.05) is 10.5 Å². The van der Waals surface area contributed by atoms with Crippen molar-refractivity contribution in [2.45, 2.75) is 31.6 Å². The van der Waals surface area contributed by atoms with Crippen molar-refractivity contribution < 1.29 is 8.42 Å². The highest BCUT2D eigenvalue weighted by atomic mass is 32.2. The number of benzene rings is 1. The molecule has 0 aliphatic carbocycles. The van der Waals surface area contributed by atoms with Crippen LogP contribution in [0.4, 0.5) is 11.6 Å². The highest BCUT2D eigenvalue weighted by Gasteiger charge is 2.19. The smallest absolute Gasteiger partial charge is 0.266 e. The van der Waals surface area contributed by atoms with Crippen molar-refractivity contribution in [2.24, 2.45) is 0 Å². The second-order valence-corrected chi connectivity index (χ2v) is 5.99. The Kier molecular flexibility index (Phi) is 4.37. The normalized spacial score (nSPS) is 11.3. The van der Waals surface area contributed by atoms with E-state index in [1.807, 2.05) is 13.8 Å². The highest BCUT2D eigenvalue weighted by Crippen LogP contribution is 2.19. The highest BCUT2D eigenvalue weighted by molar-refractivity contribution is 7.92. The fraction of sp³-hybridized carbons (Fsp3) is 0.308. The van der Waals surface area contributed by atoms with Crippen LogP contribution in [0, 0.1) is 0 Å². The monoisotopic (exact) mass is 307 g/mol. The van der Waals surface area contributed by atoms with Gasteiger partial charge in [0.25, 0.3) is 10.0 Å². The van der Waals surface area contributed by atoms with E-state index >= 15 is 0 Å². The summed E-state index contributed by atoms with van der Waals surface area (Å²) < 4.78 is 27.0. The van der Waals surface area contributed by atoms with Crippen LogP contribution in [0.25, 0.3) is 0 Å². The second-order valence-electron chi connectivity index (χ2n) is 4.34. The number of sulfonamides is 1. The van der Waals surface area contributed by atoms with Gasteiger partial charge in [-0.2, -0.15) is 9.97 Å². The van der Waals surface area contributed by atoms with Gasteiger partial charge in [-0.25, -0.2) is 18.1 Å². The van der Waals surface area contributed by atoms with Crippen molar-refractivity contribution in [1.29, 1.82) is 0 Å². The van der Waals surface area contributed by atoms with E-state index in [4.69, 9.17) is 5.73 Å². The molecule has 0 radical (unpaired) electrons. The number of anilines is 2. The van der Waals surface area contributed by atoms with Gasteiger partial charge < -0.3 is 5.73 Å². The number of nitrogens with two attached hydrogens (primary N) is 1. The minimum absolute atomic E-state index is 0.00140. The summed E-state index contributed by atoms with van der Waals surface area (Å²) in [6, 6.07) is 6.23. The third kappa shape index (κ3) is 3.46. The van der Waals surface area contributed by atoms with E-state index in [0.717, 1.165) is 0 Å². The van der Waals surface area contributed by atoms with Crippen molar-refractivity contribution in [3.8, 4) is 0 Å². The first-order valence-corrected chi connectivity index (χ1v) is 8.05. The molecule has 0 saturated heterocycles. The van der Waals surface area contributed by atoms with Crippen LogP contribution in [0.3, 0.4) is 0 Å². The molecule has 0 spiro atoms. The maximum absolute atomic E-state index is 12.3. The van der Waals surface area contributed by atoms with E-state index in [9.17, 15) is 8.42 Å². The Morgan fingerprint density at radius 3 is 2.14 bits per heavy atom. The van der Waals surface area contributed by atoms with E-state index in [1.165, 1.54) is 12.1 Å². The molecule has 0 aliphatic heterocycles. The third-order valence-corrected chi connectivity index (χ3v) is 4.20. The number of nitrogen functional groups attached to an aromatic ring is 1. The molecule has 1 aromatic heterocycles. The molecule has 0 atom stereocenters. The first-order valence-electron chi connectivity index (χ1n) is 6.57. The molecule has 0 bridgehead atoms. The van der Waals surface area contributed by atoms with Crippen LogP contribution < -0.4 is 10.5 Å². The van der Waals surface area contributed by atoms with E-state index in [1.54, 1.807) is 12.1 Å². The first kappa shape index (κ1) is 15.2. The third-order valence-electron chi connectivity index (χ3n) is 2.79. The fourth-order valence-electron chi connectivity index (χ4n) is 1.73. The number of nitrogens with one attached hydrogen (secondary N) is 1. The summed E-state index contributed by atoms with van der Waals surface area (Å²) in [7, 11) is -3.82. The maximum atomic E-state index is 12.3. The van der Waals surface area contributed by atoms with E-state index < -0.39 is 10.0 Å².